The van der Waals surface area contributed by atoms with Crippen molar-refractivity contribution < 1.29 is 9.32 Å². The van der Waals surface area contributed by atoms with Crippen molar-refractivity contribution in [2.24, 2.45) is 7.05 Å². The number of hydrogen-bond donors (Lipinski definition) is 1. The second-order valence-electron chi connectivity index (χ2n) is 5.23. The van der Waals surface area contributed by atoms with E-state index >= 15 is 0 Å². The zero-order valence-electron chi connectivity index (χ0n) is 12.9. The third kappa shape index (κ3) is 2.81. The Morgan fingerprint density at radius 1 is 1.04 bits per heavy atom. The molecule has 3 aromatic rings. The molecule has 2 aromatic carbocycles. The Morgan fingerprint density at radius 3 is 2.39 bits per heavy atom. The molecule has 0 aliphatic rings. The Bertz CT molecular complexity index is 908. The molecule has 0 bridgehead atoms. The average molecular weight is 308 g/mol. The summed E-state index contributed by atoms with van der Waals surface area (Å²) in [4.78, 5) is 24.7. The first-order chi connectivity index (χ1) is 11.1. The van der Waals surface area contributed by atoms with Gasteiger partial charge in [-0.3, -0.25) is 4.79 Å². The lowest BCUT2D eigenvalue weighted by atomic mass is 10.1. The summed E-state index contributed by atoms with van der Waals surface area (Å²) in [7, 11) is 1.61. The van der Waals surface area contributed by atoms with Gasteiger partial charge in [0.1, 0.15) is 5.69 Å². The minimum absolute atomic E-state index is 0.00181. The van der Waals surface area contributed by atoms with Gasteiger partial charge in [-0.15, -0.1) is 0 Å². The van der Waals surface area contributed by atoms with Gasteiger partial charge in [-0.1, -0.05) is 48.5 Å². The van der Waals surface area contributed by atoms with Crippen LogP contribution in [0.5, 0.6) is 0 Å². The van der Waals surface area contributed by atoms with E-state index in [-0.39, 0.29) is 5.56 Å². The molecule has 0 radical (unpaired) electrons. The molecule has 23 heavy (non-hydrogen) atoms. The molecular weight excluding hydrogens is 292 g/mol. The van der Waals surface area contributed by atoms with Crippen molar-refractivity contribution in [2.75, 3.05) is 5.32 Å². The number of amides is 1. The zero-order chi connectivity index (χ0) is 16.4. The van der Waals surface area contributed by atoms with Crippen LogP contribution in [0.25, 0.3) is 11.3 Å². The van der Waals surface area contributed by atoms with Crippen molar-refractivity contribution in [3.8, 4) is 11.3 Å². The molecule has 0 aliphatic heterocycles. The average Bonchev–Trinajstić information content (AvgIpc) is 2.85. The van der Waals surface area contributed by atoms with Crippen LogP contribution in [0.4, 0.5) is 5.69 Å². The van der Waals surface area contributed by atoms with Crippen LogP contribution in [0.1, 0.15) is 15.9 Å². The molecule has 1 amide bonds. The molecule has 5 nitrogen and oxygen atoms in total. The second kappa shape index (κ2) is 5.96. The van der Waals surface area contributed by atoms with E-state index in [2.05, 4.69) is 5.32 Å². The first-order valence-electron chi connectivity index (χ1n) is 7.20. The Labute approximate surface area is 133 Å². The molecule has 0 spiro atoms. The zero-order valence-corrected chi connectivity index (χ0v) is 12.9. The first kappa shape index (κ1) is 14.8. The SMILES string of the molecule is Cc1ccccc1NC(=O)c1c(-c2ccccc2)n(C)oc1=O. The smallest absolute Gasteiger partial charge is 0.335 e. The van der Waals surface area contributed by atoms with Crippen LogP contribution in [-0.2, 0) is 7.05 Å². The fourth-order valence-electron chi connectivity index (χ4n) is 2.49. The topological polar surface area (TPSA) is 64.2 Å². The van der Waals surface area contributed by atoms with Gasteiger partial charge < -0.3 is 9.84 Å². The number of para-hydroxylation sites is 1. The van der Waals surface area contributed by atoms with Crippen molar-refractivity contribution in [3.05, 3.63) is 76.1 Å². The predicted molar refractivity (Wildman–Crippen MR) is 88.5 cm³/mol. The van der Waals surface area contributed by atoms with Crippen molar-refractivity contribution in [1.29, 1.82) is 0 Å². The second-order valence-corrected chi connectivity index (χ2v) is 5.23. The number of nitrogens with one attached hydrogen (secondary N) is 1. The highest BCUT2D eigenvalue weighted by Crippen LogP contribution is 2.23. The molecule has 0 fully saturated rings. The number of carbonyl (C=O) groups excluding carboxylic acids is 1. The van der Waals surface area contributed by atoms with E-state index in [9.17, 15) is 9.59 Å². The molecular formula is C18H16N2O3. The van der Waals surface area contributed by atoms with Crippen molar-refractivity contribution in [1.82, 2.24) is 4.74 Å². The highest BCUT2D eigenvalue weighted by Gasteiger charge is 2.24. The van der Waals surface area contributed by atoms with Gasteiger partial charge in [0.25, 0.3) is 5.91 Å². The Balaban J connectivity index is 2.05. The van der Waals surface area contributed by atoms with Crippen molar-refractivity contribution in [3.63, 3.8) is 0 Å². The van der Waals surface area contributed by atoms with E-state index in [0.717, 1.165) is 11.1 Å². The van der Waals surface area contributed by atoms with E-state index in [1.165, 1.54) is 4.74 Å². The van der Waals surface area contributed by atoms with E-state index in [0.29, 0.717) is 11.4 Å². The lowest BCUT2D eigenvalue weighted by Crippen LogP contribution is -2.19. The summed E-state index contributed by atoms with van der Waals surface area (Å²) in [5.74, 6) is -0.479. The molecule has 1 N–H and O–H groups in total. The molecule has 3 rings (SSSR count). The Hall–Kier alpha value is -3.08. The number of benzene rings is 2. The first-order valence-corrected chi connectivity index (χ1v) is 7.20. The number of anilines is 1. The fourth-order valence-corrected chi connectivity index (χ4v) is 2.49. The lowest BCUT2D eigenvalue weighted by molar-refractivity contribution is 0.102. The molecule has 5 heteroatoms. The molecule has 0 saturated carbocycles. The Morgan fingerprint density at radius 2 is 1.70 bits per heavy atom. The van der Waals surface area contributed by atoms with Crippen LogP contribution in [0, 0.1) is 6.92 Å². The molecule has 0 unspecified atom stereocenters. The number of aromatic nitrogens is 1. The number of nitrogens with zero attached hydrogens (tertiary/aromatic N) is 1. The number of aryl methyl sites for hydroxylation is 2. The van der Waals surface area contributed by atoms with E-state index in [1.54, 1.807) is 13.1 Å². The summed E-state index contributed by atoms with van der Waals surface area (Å²) >= 11 is 0. The highest BCUT2D eigenvalue weighted by molar-refractivity contribution is 6.08. The van der Waals surface area contributed by atoms with Gasteiger partial charge in [0.05, 0.1) is 0 Å². The third-order valence-corrected chi connectivity index (χ3v) is 3.64. The van der Waals surface area contributed by atoms with E-state index in [1.807, 2.05) is 55.5 Å². The molecule has 0 aliphatic carbocycles. The normalized spacial score (nSPS) is 10.5. The van der Waals surface area contributed by atoms with Gasteiger partial charge in [-0.05, 0) is 18.6 Å². The van der Waals surface area contributed by atoms with Crippen LogP contribution < -0.4 is 10.9 Å². The number of rotatable bonds is 3. The van der Waals surface area contributed by atoms with Gasteiger partial charge in [0, 0.05) is 18.3 Å². The maximum absolute atomic E-state index is 12.6. The van der Waals surface area contributed by atoms with Crippen LogP contribution in [0.3, 0.4) is 0 Å². The van der Waals surface area contributed by atoms with Gasteiger partial charge >= 0.3 is 5.63 Å². The molecule has 0 atom stereocenters. The fraction of sp³-hybridized carbons (Fsp3) is 0.111. The molecule has 1 aromatic heterocycles. The van der Waals surface area contributed by atoms with Gasteiger partial charge in [-0.2, -0.15) is 0 Å². The maximum atomic E-state index is 12.6. The quantitative estimate of drug-likeness (QED) is 0.808. The minimum atomic E-state index is -0.655. The van der Waals surface area contributed by atoms with Gasteiger partial charge in [0.15, 0.2) is 5.56 Å². The summed E-state index contributed by atoms with van der Waals surface area (Å²) in [6, 6.07) is 16.6. The van der Waals surface area contributed by atoms with E-state index in [4.69, 9.17) is 4.52 Å². The summed E-state index contributed by atoms with van der Waals surface area (Å²) in [6.07, 6.45) is 0. The largest absolute Gasteiger partial charge is 0.370 e. The molecule has 0 saturated heterocycles. The Kier molecular flexibility index (Phi) is 3.85. The number of carbonyl (C=O) groups is 1. The minimum Gasteiger partial charge on any atom is -0.335 e. The summed E-state index contributed by atoms with van der Waals surface area (Å²) in [5, 5.41) is 2.78. The molecule has 1 heterocycles. The van der Waals surface area contributed by atoms with Crippen LogP contribution in [0.2, 0.25) is 0 Å². The summed E-state index contributed by atoms with van der Waals surface area (Å²) in [5.41, 5.74) is 2.14. The highest BCUT2D eigenvalue weighted by atomic mass is 16.5. The predicted octanol–water partition coefficient (Wildman–Crippen LogP) is 3.21. The van der Waals surface area contributed by atoms with Crippen LogP contribution >= 0.6 is 0 Å². The van der Waals surface area contributed by atoms with E-state index < -0.39 is 11.5 Å². The molecule has 116 valence electrons. The summed E-state index contributed by atoms with van der Waals surface area (Å²) in [6.45, 7) is 1.89. The van der Waals surface area contributed by atoms with Crippen molar-refractivity contribution in [2.45, 2.75) is 6.92 Å². The monoisotopic (exact) mass is 308 g/mol. The number of hydrogen-bond acceptors (Lipinski definition) is 3. The standard InChI is InChI=1S/C18H16N2O3/c1-12-8-6-7-11-14(12)19-17(21)15-16(20(2)23-18(15)22)13-9-4-3-5-10-13/h3-11H,1-2H3,(H,19,21). The van der Waals surface area contributed by atoms with Gasteiger partial charge in [0.2, 0.25) is 0 Å². The lowest BCUT2D eigenvalue weighted by Gasteiger charge is -2.08. The maximum Gasteiger partial charge on any atom is 0.370 e. The van der Waals surface area contributed by atoms with Gasteiger partial charge in [-0.25, -0.2) is 9.53 Å². The van der Waals surface area contributed by atoms with Crippen LogP contribution in [-0.4, -0.2) is 10.6 Å². The van der Waals surface area contributed by atoms with Crippen molar-refractivity contribution >= 4 is 11.6 Å². The van der Waals surface area contributed by atoms with Crippen LogP contribution in [0.15, 0.2) is 63.9 Å². The summed E-state index contributed by atoms with van der Waals surface area (Å²) < 4.78 is 6.41. The third-order valence-electron chi connectivity index (χ3n) is 3.64.